The number of Topliss-reactive ketones (excluding diaryl/α,β-unsaturated/α-hetero) is 1. The lowest BCUT2D eigenvalue weighted by atomic mass is 9.59. The molecule has 0 heterocycles. The van der Waals surface area contributed by atoms with Crippen molar-refractivity contribution in [1.29, 1.82) is 0 Å². The zero-order chi connectivity index (χ0) is 25.0. The van der Waals surface area contributed by atoms with Crippen LogP contribution >= 0.6 is 0 Å². The van der Waals surface area contributed by atoms with Gasteiger partial charge < -0.3 is 24.8 Å². The summed E-state index contributed by atoms with van der Waals surface area (Å²) < 4.78 is 10.6. The van der Waals surface area contributed by atoms with Crippen molar-refractivity contribution in [3.63, 3.8) is 0 Å². The molecule has 8 atom stereocenters. The molecule has 3 fully saturated rings. The second kappa shape index (κ2) is 7.02. The van der Waals surface area contributed by atoms with Gasteiger partial charge in [-0.05, 0) is 60.5 Å². The highest BCUT2D eigenvalue weighted by molar-refractivity contribution is 6.03. The molecular formula is C26H34O8. The number of ether oxygens (including phenoxy) is 2. The molecule has 5 rings (SSSR count). The van der Waals surface area contributed by atoms with E-state index in [1.165, 1.54) is 7.11 Å². The second-order valence-corrected chi connectivity index (χ2v) is 11.7. The van der Waals surface area contributed by atoms with E-state index in [1.54, 1.807) is 19.1 Å². The molecule has 0 amide bonds. The zero-order valence-corrected chi connectivity index (χ0v) is 20.3. The maximum absolute atomic E-state index is 14.3. The van der Waals surface area contributed by atoms with Crippen molar-refractivity contribution in [2.45, 2.75) is 64.8 Å². The van der Waals surface area contributed by atoms with E-state index in [0.29, 0.717) is 12.0 Å². The van der Waals surface area contributed by atoms with Crippen LogP contribution in [-0.4, -0.2) is 64.6 Å². The summed E-state index contributed by atoms with van der Waals surface area (Å²) in [7, 11) is 1.20. The van der Waals surface area contributed by atoms with Gasteiger partial charge in [0.1, 0.15) is 6.10 Å². The molecule has 5 aliphatic carbocycles. The quantitative estimate of drug-likeness (QED) is 0.316. The number of ketones is 1. The van der Waals surface area contributed by atoms with E-state index in [1.807, 2.05) is 6.92 Å². The van der Waals surface area contributed by atoms with Gasteiger partial charge >= 0.3 is 11.9 Å². The van der Waals surface area contributed by atoms with Crippen LogP contribution in [0.2, 0.25) is 0 Å². The van der Waals surface area contributed by atoms with E-state index >= 15 is 0 Å². The topological polar surface area (TPSA) is 130 Å². The van der Waals surface area contributed by atoms with Gasteiger partial charge in [-0.15, -0.1) is 0 Å². The summed E-state index contributed by atoms with van der Waals surface area (Å²) in [5.41, 5.74) is -4.59. The molecule has 3 saturated carbocycles. The molecule has 1 unspecified atom stereocenters. The van der Waals surface area contributed by atoms with Crippen LogP contribution in [0.3, 0.4) is 0 Å². The molecule has 0 aromatic carbocycles. The van der Waals surface area contributed by atoms with Crippen molar-refractivity contribution in [2.24, 2.45) is 39.9 Å². The number of aliphatic hydroxyl groups excluding tert-OH is 2. The minimum atomic E-state index is -2.21. The fourth-order valence-corrected chi connectivity index (χ4v) is 7.63. The lowest BCUT2D eigenvalue weighted by Gasteiger charge is -2.49. The van der Waals surface area contributed by atoms with Gasteiger partial charge in [0.2, 0.25) is 0 Å². The summed E-state index contributed by atoms with van der Waals surface area (Å²) >= 11 is 0. The Morgan fingerprint density at radius 1 is 1.21 bits per heavy atom. The summed E-state index contributed by atoms with van der Waals surface area (Å²) in [5.74, 6) is -2.35. The molecule has 5 aliphatic rings. The van der Waals surface area contributed by atoms with Gasteiger partial charge in [0.05, 0.1) is 19.1 Å². The summed E-state index contributed by atoms with van der Waals surface area (Å²) in [6, 6.07) is 0. The highest BCUT2D eigenvalue weighted by atomic mass is 16.6. The van der Waals surface area contributed by atoms with Crippen LogP contribution in [0.25, 0.3) is 0 Å². The molecule has 1 spiro atoms. The molecular weight excluding hydrogens is 440 g/mol. The molecule has 34 heavy (non-hydrogen) atoms. The van der Waals surface area contributed by atoms with Gasteiger partial charge in [-0.3, -0.25) is 14.4 Å². The molecule has 0 saturated heterocycles. The number of rotatable bonds is 4. The number of hydrogen-bond acceptors (Lipinski definition) is 8. The van der Waals surface area contributed by atoms with Crippen LogP contribution in [0.1, 0.15) is 47.0 Å². The van der Waals surface area contributed by atoms with Crippen molar-refractivity contribution in [1.82, 2.24) is 0 Å². The zero-order valence-electron chi connectivity index (χ0n) is 20.3. The van der Waals surface area contributed by atoms with Crippen LogP contribution in [0.5, 0.6) is 0 Å². The molecule has 2 bridgehead atoms. The van der Waals surface area contributed by atoms with Crippen molar-refractivity contribution < 1.29 is 39.2 Å². The monoisotopic (exact) mass is 474 g/mol. The first-order valence-corrected chi connectivity index (χ1v) is 12.1. The number of allylic oxidation sites excluding steroid dienone is 1. The van der Waals surface area contributed by atoms with E-state index in [2.05, 4.69) is 13.8 Å². The standard InChI is InChI=1S/C26H34O8/c1-12-10-25-13(2)8-16-17(23(16,3)4)15(19(25)29)9-14(11-27)18(28)26(25,32)20(12)34-22(31)24(6-7-24)21(30)33-5/h9-10,13,15-18,20,27-28,32H,6-8,11H2,1-5H3/t13-,15?,16-,17+,18-,20+,25+,26+/m1/s1. The third-order valence-corrected chi connectivity index (χ3v) is 9.84. The normalized spacial score (nSPS) is 45.0. The van der Waals surface area contributed by atoms with E-state index in [9.17, 15) is 29.7 Å². The Kier molecular flexibility index (Phi) is 4.89. The Balaban J connectivity index is 1.62. The van der Waals surface area contributed by atoms with Crippen molar-refractivity contribution in [2.75, 3.05) is 13.7 Å². The summed E-state index contributed by atoms with van der Waals surface area (Å²) in [5, 5.41) is 34.0. The van der Waals surface area contributed by atoms with Gasteiger partial charge in [0, 0.05) is 5.92 Å². The summed E-state index contributed by atoms with van der Waals surface area (Å²) in [6.07, 6.45) is 1.56. The number of fused-ring (bicyclic) bond motifs is 3. The largest absolute Gasteiger partial charge is 0.468 e. The molecule has 0 aliphatic heterocycles. The maximum Gasteiger partial charge on any atom is 0.324 e. The van der Waals surface area contributed by atoms with E-state index in [0.717, 1.165) is 0 Å². The van der Waals surface area contributed by atoms with Gasteiger partial charge in [-0.1, -0.05) is 32.9 Å². The van der Waals surface area contributed by atoms with Crippen molar-refractivity contribution in [3.8, 4) is 0 Å². The Morgan fingerprint density at radius 2 is 1.85 bits per heavy atom. The predicted octanol–water partition coefficient (Wildman–Crippen LogP) is 1.32. The molecule has 0 radical (unpaired) electrons. The lowest BCUT2D eigenvalue weighted by Crippen LogP contribution is -2.66. The molecule has 186 valence electrons. The number of aliphatic hydroxyl groups is 3. The minimum absolute atomic E-state index is 0.0438. The average molecular weight is 475 g/mol. The number of carbonyl (C=O) groups is 3. The lowest BCUT2D eigenvalue weighted by molar-refractivity contribution is -0.207. The van der Waals surface area contributed by atoms with E-state index in [-0.39, 0.29) is 47.4 Å². The van der Waals surface area contributed by atoms with Gasteiger partial charge in [-0.25, -0.2) is 0 Å². The van der Waals surface area contributed by atoms with Crippen molar-refractivity contribution >= 4 is 17.7 Å². The SMILES string of the molecule is COC(=O)C1(C(=O)O[C@H]2C(C)=C[C@]34C(=O)C(C=C(CO)[C@@H](O)[C@]23O)[C@H]2[C@@H](C[C@H]4C)C2(C)C)CC1. The Hall–Kier alpha value is -2.03. The number of methoxy groups -OCH3 is 1. The fraction of sp³-hybridized carbons (Fsp3) is 0.731. The summed E-state index contributed by atoms with van der Waals surface area (Å²) in [4.78, 5) is 39.7. The minimum Gasteiger partial charge on any atom is -0.468 e. The van der Waals surface area contributed by atoms with Gasteiger partial charge in [0.25, 0.3) is 0 Å². The molecule has 8 nitrogen and oxygen atoms in total. The maximum atomic E-state index is 14.3. The van der Waals surface area contributed by atoms with E-state index < -0.39 is 53.1 Å². The first-order valence-electron chi connectivity index (χ1n) is 12.1. The molecule has 0 aromatic heterocycles. The van der Waals surface area contributed by atoms with Crippen LogP contribution in [-0.2, 0) is 23.9 Å². The molecule has 8 heteroatoms. The van der Waals surface area contributed by atoms with Crippen molar-refractivity contribution in [3.05, 3.63) is 23.3 Å². The average Bonchev–Trinajstić information content (AvgIpc) is 3.68. The second-order valence-electron chi connectivity index (χ2n) is 11.7. The van der Waals surface area contributed by atoms with Gasteiger partial charge in [-0.2, -0.15) is 0 Å². The van der Waals surface area contributed by atoms with Crippen LogP contribution < -0.4 is 0 Å². The van der Waals surface area contributed by atoms with Crippen LogP contribution in [0.15, 0.2) is 23.3 Å². The van der Waals surface area contributed by atoms with Crippen LogP contribution in [0, 0.1) is 39.9 Å². The molecule has 0 aromatic rings. The Morgan fingerprint density at radius 3 is 2.41 bits per heavy atom. The third-order valence-electron chi connectivity index (χ3n) is 9.84. The Labute approximate surface area is 199 Å². The highest BCUT2D eigenvalue weighted by Gasteiger charge is 2.77. The fourth-order valence-electron chi connectivity index (χ4n) is 7.63. The highest BCUT2D eigenvalue weighted by Crippen LogP contribution is 2.71. The van der Waals surface area contributed by atoms with Gasteiger partial charge in [0.15, 0.2) is 22.9 Å². The first kappa shape index (κ1) is 23.7. The summed E-state index contributed by atoms with van der Waals surface area (Å²) in [6.45, 7) is 7.28. The first-order chi connectivity index (χ1) is 15.8. The number of hydrogen-bond donors (Lipinski definition) is 3. The smallest absolute Gasteiger partial charge is 0.324 e. The number of esters is 2. The molecule has 3 N–H and O–H groups in total. The Bertz CT molecular complexity index is 1040. The predicted molar refractivity (Wildman–Crippen MR) is 119 cm³/mol. The third kappa shape index (κ3) is 2.57. The number of carbonyl (C=O) groups excluding carboxylic acids is 3. The van der Waals surface area contributed by atoms with E-state index in [4.69, 9.17) is 9.47 Å². The van der Waals surface area contributed by atoms with Crippen LogP contribution in [0.4, 0.5) is 0 Å².